The molecule has 0 saturated carbocycles. The van der Waals surface area contributed by atoms with Gasteiger partial charge in [-0.05, 0) is 17.7 Å². The van der Waals surface area contributed by atoms with Crippen LogP contribution in [0.5, 0.6) is 0 Å². The molecule has 1 amide bonds. The maximum absolute atomic E-state index is 10.2. The van der Waals surface area contributed by atoms with E-state index in [0.29, 0.717) is 18.1 Å². The Morgan fingerprint density at radius 1 is 1.38 bits per heavy atom. The topological polar surface area (TPSA) is 52.3 Å². The van der Waals surface area contributed by atoms with Crippen molar-refractivity contribution in [2.45, 2.75) is 6.42 Å². The SMILES string of the molecule is NC(=O)OCCc1ccc(Cl)cc1. The fourth-order valence-electron chi connectivity index (χ4n) is 0.921. The van der Waals surface area contributed by atoms with E-state index in [1.807, 2.05) is 12.1 Å². The molecule has 0 aromatic heterocycles. The number of amides is 1. The maximum atomic E-state index is 10.2. The molecule has 0 spiro atoms. The summed E-state index contributed by atoms with van der Waals surface area (Å²) < 4.78 is 4.58. The largest absolute Gasteiger partial charge is 0.449 e. The first-order valence-corrected chi connectivity index (χ1v) is 4.23. The third-order valence-electron chi connectivity index (χ3n) is 1.55. The maximum Gasteiger partial charge on any atom is 0.404 e. The van der Waals surface area contributed by atoms with Crippen LogP contribution in [0, 0.1) is 0 Å². The summed E-state index contributed by atoms with van der Waals surface area (Å²) in [7, 11) is 0. The highest BCUT2D eigenvalue weighted by Gasteiger charge is 1.95. The van der Waals surface area contributed by atoms with Gasteiger partial charge in [0.05, 0.1) is 6.61 Å². The predicted molar refractivity (Wildman–Crippen MR) is 50.7 cm³/mol. The van der Waals surface area contributed by atoms with E-state index in [9.17, 15) is 4.79 Å². The number of benzene rings is 1. The average molecular weight is 200 g/mol. The van der Waals surface area contributed by atoms with E-state index in [2.05, 4.69) is 4.74 Å². The second kappa shape index (κ2) is 4.72. The van der Waals surface area contributed by atoms with Gasteiger partial charge in [0, 0.05) is 11.4 Å². The molecule has 0 bridgehead atoms. The van der Waals surface area contributed by atoms with Crippen LogP contribution in [-0.4, -0.2) is 12.7 Å². The Morgan fingerprint density at radius 2 is 2.00 bits per heavy atom. The van der Waals surface area contributed by atoms with Crippen LogP contribution in [0.4, 0.5) is 4.79 Å². The summed E-state index contributed by atoms with van der Waals surface area (Å²) in [6.45, 7) is 0.303. The van der Waals surface area contributed by atoms with Crippen LogP contribution in [0.3, 0.4) is 0 Å². The number of hydrogen-bond acceptors (Lipinski definition) is 2. The second-order valence-electron chi connectivity index (χ2n) is 2.54. The van der Waals surface area contributed by atoms with Gasteiger partial charge in [-0.3, -0.25) is 0 Å². The first-order chi connectivity index (χ1) is 6.18. The van der Waals surface area contributed by atoms with Crippen LogP contribution in [0.1, 0.15) is 5.56 Å². The summed E-state index contributed by atoms with van der Waals surface area (Å²) in [5.41, 5.74) is 5.86. The summed E-state index contributed by atoms with van der Waals surface area (Å²) in [4.78, 5) is 10.2. The quantitative estimate of drug-likeness (QED) is 0.809. The molecule has 4 heteroatoms. The Bertz CT molecular complexity index is 284. The number of ether oxygens (including phenoxy) is 1. The molecule has 0 aliphatic rings. The number of halogens is 1. The average Bonchev–Trinajstić information content (AvgIpc) is 2.08. The molecular formula is C9H10ClNO2. The van der Waals surface area contributed by atoms with Gasteiger partial charge in [0.2, 0.25) is 0 Å². The molecule has 0 radical (unpaired) electrons. The second-order valence-corrected chi connectivity index (χ2v) is 2.98. The Kier molecular flexibility index (Phi) is 3.58. The smallest absolute Gasteiger partial charge is 0.404 e. The summed E-state index contributed by atoms with van der Waals surface area (Å²) in [6.07, 6.45) is -0.0888. The van der Waals surface area contributed by atoms with Crippen LogP contribution < -0.4 is 5.73 Å². The van der Waals surface area contributed by atoms with Gasteiger partial charge in [-0.15, -0.1) is 0 Å². The lowest BCUT2D eigenvalue weighted by Crippen LogP contribution is -2.14. The summed E-state index contributed by atoms with van der Waals surface area (Å²) in [6, 6.07) is 7.35. The van der Waals surface area contributed by atoms with E-state index < -0.39 is 6.09 Å². The van der Waals surface area contributed by atoms with Gasteiger partial charge < -0.3 is 10.5 Å². The van der Waals surface area contributed by atoms with Crippen molar-refractivity contribution in [1.29, 1.82) is 0 Å². The molecule has 0 heterocycles. The molecule has 1 aromatic carbocycles. The molecule has 0 atom stereocenters. The predicted octanol–water partition coefficient (Wildman–Crippen LogP) is 1.98. The summed E-state index contributed by atoms with van der Waals surface area (Å²) in [5, 5.41) is 0.694. The number of hydrogen-bond donors (Lipinski definition) is 1. The molecule has 0 fully saturated rings. The van der Waals surface area contributed by atoms with E-state index in [1.165, 1.54) is 0 Å². The molecular weight excluding hydrogens is 190 g/mol. The van der Waals surface area contributed by atoms with Gasteiger partial charge in [-0.25, -0.2) is 4.79 Å². The van der Waals surface area contributed by atoms with E-state index >= 15 is 0 Å². The zero-order valence-electron chi connectivity index (χ0n) is 7.00. The van der Waals surface area contributed by atoms with Crippen LogP contribution in [-0.2, 0) is 11.2 Å². The van der Waals surface area contributed by atoms with Crippen LogP contribution in [0.2, 0.25) is 5.02 Å². The van der Waals surface area contributed by atoms with Gasteiger partial charge >= 0.3 is 6.09 Å². The van der Waals surface area contributed by atoms with Crippen molar-refractivity contribution in [3.8, 4) is 0 Å². The van der Waals surface area contributed by atoms with Crippen molar-refractivity contribution in [3.63, 3.8) is 0 Å². The van der Waals surface area contributed by atoms with E-state index in [4.69, 9.17) is 17.3 Å². The molecule has 0 saturated heterocycles. The standard InChI is InChI=1S/C9H10ClNO2/c10-8-3-1-7(2-4-8)5-6-13-9(11)12/h1-4H,5-6H2,(H2,11,12). The molecule has 0 aliphatic carbocycles. The highest BCUT2D eigenvalue weighted by molar-refractivity contribution is 6.30. The number of primary amides is 1. The van der Waals surface area contributed by atoms with Crippen molar-refractivity contribution in [2.24, 2.45) is 5.73 Å². The zero-order valence-corrected chi connectivity index (χ0v) is 7.75. The van der Waals surface area contributed by atoms with Crippen molar-refractivity contribution in [3.05, 3.63) is 34.9 Å². The Morgan fingerprint density at radius 3 is 2.54 bits per heavy atom. The van der Waals surface area contributed by atoms with Gasteiger partial charge in [-0.2, -0.15) is 0 Å². The van der Waals surface area contributed by atoms with Crippen LogP contribution in [0.15, 0.2) is 24.3 Å². The molecule has 0 aliphatic heterocycles. The van der Waals surface area contributed by atoms with Crippen LogP contribution >= 0.6 is 11.6 Å². The molecule has 1 rings (SSSR count). The lowest BCUT2D eigenvalue weighted by molar-refractivity contribution is 0.158. The molecule has 3 nitrogen and oxygen atoms in total. The number of rotatable bonds is 3. The van der Waals surface area contributed by atoms with Crippen LogP contribution in [0.25, 0.3) is 0 Å². The van der Waals surface area contributed by atoms with Gasteiger partial charge in [0.1, 0.15) is 0 Å². The van der Waals surface area contributed by atoms with E-state index in [1.54, 1.807) is 12.1 Å². The highest BCUT2D eigenvalue weighted by Crippen LogP contribution is 2.09. The molecule has 70 valence electrons. The number of carbonyl (C=O) groups is 1. The van der Waals surface area contributed by atoms with Gasteiger partial charge in [0.15, 0.2) is 0 Å². The molecule has 0 unspecified atom stereocenters. The minimum atomic E-state index is -0.742. The first-order valence-electron chi connectivity index (χ1n) is 3.85. The van der Waals surface area contributed by atoms with Crippen molar-refractivity contribution >= 4 is 17.7 Å². The Balaban J connectivity index is 2.37. The molecule has 2 N–H and O–H groups in total. The highest BCUT2D eigenvalue weighted by atomic mass is 35.5. The lowest BCUT2D eigenvalue weighted by atomic mass is 10.2. The first kappa shape index (κ1) is 9.86. The zero-order chi connectivity index (χ0) is 9.68. The Labute approximate surface area is 81.4 Å². The minimum Gasteiger partial charge on any atom is -0.449 e. The van der Waals surface area contributed by atoms with E-state index in [-0.39, 0.29) is 0 Å². The van der Waals surface area contributed by atoms with Crippen molar-refractivity contribution in [2.75, 3.05) is 6.61 Å². The minimum absolute atomic E-state index is 0.303. The van der Waals surface area contributed by atoms with Gasteiger partial charge in [0.25, 0.3) is 0 Å². The van der Waals surface area contributed by atoms with Gasteiger partial charge in [-0.1, -0.05) is 23.7 Å². The fraction of sp³-hybridized carbons (Fsp3) is 0.222. The Hall–Kier alpha value is -1.22. The van der Waals surface area contributed by atoms with E-state index in [0.717, 1.165) is 5.56 Å². The summed E-state index contributed by atoms with van der Waals surface area (Å²) >= 11 is 5.69. The molecule has 1 aromatic rings. The monoisotopic (exact) mass is 199 g/mol. The third-order valence-corrected chi connectivity index (χ3v) is 1.80. The fourth-order valence-corrected chi connectivity index (χ4v) is 1.05. The normalized spacial score (nSPS) is 9.62. The number of nitrogens with two attached hydrogens (primary N) is 1. The van der Waals surface area contributed by atoms with Crippen molar-refractivity contribution < 1.29 is 9.53 Å². The third kappa shape index (κ3) is 3.80. The van der Waals surface area contributed by atoms with Crippen molar-refractivity contribution in [1.82, 2.24) is 0 Å². The lowest BCUT2D eigenvalue weighted by Gasteiger charge is -2.01. The summed E-state index contributed by atoms with van der Waals surface area (Å²) in [5.74, 6) is 0. The number of carbonyl (C=O) groups excluding carboxylic acids is 1. The molecule has 13 heavy (non-hydrogen) atoms.